The Balaban J connectivity index is 1.82. The number of sulfonamides is 1. The van der Waals surface area contributed by atoms with Gasteiger partial charge in [-0.1, -0.05) is 25.0 Å². The molecule has 2 aromatic rings. The Hall–Kier alpha value is -3.47. The molecule has 0 saturated heterocycles. The second-order valence-corrected chi connectivity index (χ2v) is 10.0. The summed E-state index contributed by atoms with van der Waals surface area (Å²) in [5, 5.41) is 14.2. The smallest absolute Gasteiger partial charge is 0.341 e. The molecule has 10 nitrogen and oxygen atoms in total. The predicted molar refractivity (Wildman–Crippen MR) is 125 cm³/mol. The average molecular weight is 490 g/mol. The van der Waals surface area contributed by atoms with Crippen LogP contribution in [-0.4, -0.2) is 37.4 Å². The highest BCUT2D eigenvalue weighted by atomic mass is 32.2. The Morgan fingerprint density at radius 3 is 2.44 bits per heavy atom. The van der Waals surface area contributed by atoms with E-state index in [9.17, 15) is 28.1 Å². The molecular formula is C23H27N3O7S. The summed E-state index contributed by atoms with van der Waals surface area (Å²) in [5.41, 5.74) is -0.117. The lowest BCUT2D eigenvalue weighted by molar-refractivity contribution is -0.385. The van der Waals surface area contributed by atoms with E-state index < -0.39 is 32.9 Å². The van der Waals surface area contributed by atoms with Crippen molar-refractivity contribution in [1.82, 2.24) is 5.32 Å². The average Bonchev–Trinajstić information content (AvgIpc) is 3.27. The number of nitro groups is 1. The molecule has 0 bridgehead atoms. The van der Waals surface area contributed by atoms with Crippen molar-refractivity contribution in [2.75, 3.05) is 4.72 Å². The lowest BCUT2D eigenvalue weighted by atomic mass is 10.1. The van der Waals surface area contributed by atoms with Gasteiger partial charge in [0.1, 0.15) is 0 Å². The van der Waals surface area contributed by atoms with Crippen LogP contribution in [0.5, 0.6) is 0 Å². The van der Waals surface area contributed by atoms with Gasteiger partial charge >= 0.3 is 5.97 Å². The zero-order valence-electron chi connectivity index (χ0n) is 19.2. The molecule has 1 aliphatic rings. The van der Waals surface area contributed by atoms with Gasteiger partial charge < -0.3 is 10.1 Å². The molecule has 0 radical (unpaired) electrons. The van der Waals surface area contributed by atoms with E-state index in [1.54, 1.807) is 6.92 Å². The second-order valence-electron chi connectivity index (χ2n) is 8.35. The van der Waals surface area contributed by atoms with E-state index in [1.165, 1.54) is 50.2 Å². The number of amides is 1. The third-order valence-corrected chi connectivity index (χ3v) is 7.20. The first-order valence-electron chi connectivity index (χ1n) is 10.9. The van der Waals surface area contributed by atoms with E-state index in [0.717, 1.165) is 25.7 Å². The van der Waals surface area contributed by atoms with E-state index in [4.69, 9.17) is 4.74 Å². The highest BCUT2D eigenvalue weighted by molar-refractivity contribution is 7.92. The molecule has 0 aromatic heterocycles. The number of esters is 1. The zero-order chi connectivity index (χ0) is 25.0. The lowest BCUT2D eigenvalue weighted by Gasteiger charge is -2.18. The Morgan fingerprint density at radius 1 is 1.15 bits per heavy atom. The second kappa shape index (κ2) is 10.2. The van der Waals surface area contributed by atoms with Gasteiger partial charge in [-0.15, -0.1) is 0 Å². The van der Waals surface area contributed by atoms with Gasteiger partial charge in [0, 0.05) is 17.7 Å². The molecule has 1 atom stereocenters. The fraction of sp³-hybridized carbons (Fsp3) is 0.391. The summed E-state index contributed by atoms with van der Waals surface area (Å²) in [5.74, 6) is -1.29. The highest BCUT2D eigenvalue weighted by Crippen LogP contribution is 2.29. The summed E-state index contributed by atoms with van der Waals surface area (Å²) >= 11 is 0. The normalized spacial score (nSPS) is 14.9. The van der Waals surface area contributed by atoms with Crippen LogP contribution < -0.4 is 10.0 Å². The van der Waals surface area contributed by atoms with Gasteiger partial charge in [0.2, 0.25) is 0 Å². The summed E-state index contributed by atoms with van der Waals surface area (Å²) in [6.07, 6.45) is 2.77. The number of aryl methyl sites for hydroxylation is 1. The maximum atomic E-state index is 13.1. The molecule has 2 N–H and O–H groups in total. The first kappa shape index (κ1) is 25.2. The third-order valence-electron chi connectivity index (χ3n) is 5.71. The van der Waals surface area contributed by atoms with Gasteiger partial charge in [0.15, 0.2) is 6.10 Å². The number of benzene rings is 2. The van der Waals surface area contributed by atoms with Gasteiger partial charge in [-0.2, -0.15) is 0 Å². The van der Waals surface area contributed by atoms with Crippen LogP contribution in [0.3, 0.4) is 0 Å². The SMILES string of the molecule is Cc1cc([N+](=O)[O-])c(C)c(S(=O)(=O)Nc2ccccc2C(=O)O[C@@H](C)C(=O)NC2CCCC2)c1. The van der Waals surface area contributed by atoms with E-state index >= 15 is 0 Å². The molecule has 2 aromatic carbocycles. The molecule has 1 saturated carbocycles. The van der Waals surface area contributed by atoms with Gasteiger partial charge in [-0.3, -0.25) is 19.6 Å². The lowest BCUT2D eigenvalue weighted by Crippen LogP contribution is -2.40. The largest absolute Gasteiger partial charge is 0.449 e. The number of hydrogen-bond acceptors (Lipinski definition) is 7. The first-order valence-corrected chi connectivity index (χ1v) is 12.4. The maximum Gasteiger partial charge on any atom is 0.341 e. The standard InChI is InChI=1S/C23H27N3O7S/c1-14-12-20(26(29)30)15(2)21(13-14)34(31,32)25-19-11-7-6-10-18(19)23(28)33-16(3)22(27)24-17-8-4-5-9-17/h6-7,10-13,16-17,25H,4-5,8-9H2,1-3H3,(H,24,27)/t16-/m0/s1. The molecule has 0 spiro atoms. The minimum Gasteiger partial charge on any atom is -0.449 e. The van der Waals surface area contributed by atoms with Crippen LogP contribution in [0.15, 0.2) is 41.3 Å². The maximum absolute atomic E-state index is 13.1. The predicted octanol–water partition coefficient (Wildman–Crippen LogP) is 3.62. The summed E-state index contributed by atoms with van der Waals surface area (Å²) in [7, 11) is -4.28. The van der Waals surface area contributed by atoms with E-state index in [0.29, 0.717) is 5.56 Å². The number of ether oxygens (including phenoxy) is 1. The number of nitrogens with one attached hydrogen (secondary N) is 2. The number of anilines is 1. The molecule has 1 aliphatic carbocycles. The van der Waals surface area contributed by atoms with Crippen LogP contribution in [-0.2, 0) is 19.6 Å². The van der Waals surface area contributed by atoms with E-state index in [2.05, 4.69) is 10.0 Å². The quantitative estimate of drug-likeness (QED) is 0.327. The van der Waals surface area contributed by atoms with Crippen molar-refractivity contribution in [3.8, 4) is 0 Å². The molecule has 3 rings (SSSR count). The molecule has 11 heteroatoms. The summed E-state index contributed by atoms with van der Waals surface area (Å²) in [6, 6.07) is 8.47. The van der Waals surface area contributed by atoms with Crippen LogP contribution in [0.1, 0.15) is 54.1 Å². The summed E-state index contributed by atoms with van der Waals surface area (Å²) < 4.78 is 33.8. The number of para-hydroxylation sites is 1. The minimum absolute atomic E-state index is 0.0274. The van der Waals surface area contributed by atoms with Crippen molar-refractivity contribution < 1.29 is 27.7 Å². The van der Waals surface area contributed by atoms with Crippen LogP contribution in [0.25, 0.3) is 0 Å². The molecule has 0 aliphatic heterocycles. The van der Waals surface area contributed by atoms with Crippen molar-refractivity contribution >= 4 is 33.3 Å². The molecular weight excluding hydrogens is 462 g/mol. The summed E-state index contributed by atoms with van der Waals surface area (Å²) in [6.45, 7) is 4.34. The number of carbonyl (C=O) groups excluding carboxylic acids is 2. The van der Waals surface area contributed by atoms with Gasteiger partial charge in [0.05, 0.1) is 21.1 Å². The van der Waals surface area contributed by atoms with Crippen molar-refractivity contribution in [2.45, 2.75) is 63.5 Å². The fourth-order valence-corrected chi connectivity index (χ4v) is 5.32. The van der Waals surface area contributed by atoms with Crippen molar-refractivity contribution in [1.29, 1.82) is 0 Å². The molecule has 34 heavy (non-hydrogen) atoms. The van der Waals surface area contributed by atoms with E-state index in [1.807, 2.05) is 0 Å². The highest BCUT2D eigenvalue weighted by Gasteiger charge is 2.28. The van der Waals surface area contributed by atoms with Gasteiger partial charge in [-0.25, -0.2) is 13.2 Å². The monoisotopic (exact) mass is 489 g/mol. The number of hydrogen-bond donors (Lipinski definition) is 2. The number of nitrogens with zero attached hydrogens (tertiary/aromatic N) is 1. The number of rotatable bonds is 8. The number of carbonyl (C=O) groups is 2. The molecule has 0 heterocycles. The Morgan fingerprint density at radius 2 is 1.79 bits per heavy atom. The number of nitro benzene ring substituents is 1. The van der Waals surface area contributed by atoms with Crippen LogP contribution in [0.4, 0.5) is 11.4 Å². The topological polar surface area (TPSA) is 145 Å². The first-order chi connectivity index (χ1) is 16.0. The third kappa shape index (κ3) is 5.71. The summed E-state index contributed by atoms with van der Waals surface area (Å²) in [4.78, 5) is 35.5. The van der Waals surface area contributed by atoms with Gasteiger partial charge in [0.25, 0.3) is 21.6 Å². The van der Waals surface area contributed by atoms with Crippen molar-refractivity contribution in [3.05, 3.63) is 63.2 Å². The molecule has 1 amide bonds. The van der Waals surface area contributed by atoms with Crippen molar-refractivity contribution in [2.24, 2.45) is 0 Å². The van der Waals surface area contributed by atoms with Crippen molar-refractivity contribution in [3.63, 3.8) is 0 Å². The Labute approximate surface area is 197 Å². The minimum atomic E-state index is -4.28. The Kier molecular flexibility index (Phi) is 7.55. The van der Waals surface area contributed by atoms with Crippen LogP contribution >= 0.6 is 0 Å². The van der Waals surface area contributed by atoms with Crippen LogP contribution in [0, 0.1) is 24.0 Å². The molecule has 1 fully saturated rings. The Bertz CT molecular complexity index is 1220. The van der Waals surface area contributed by atoms with Crippen LogP contribution in [0.2, 0.25) is 0 Å². The van der Waals surface area contributed by atoms with Gasteiger partial charge in [-0.05, 0) is 57.4 Å². The fourth-order valence-electron chi connectivity index (χ4n) is 3.89. The van der Waals surface area contributed by atoms with E-state index in [-0.39, 0.29) is 33.4 Å². The molecule has 182 valence electrons. The zero-order valence-corrected chi connectivity index (χ0v) is 20.0. The molecule has 0 unspecified atom stereocenters.